The molecule has 0 amide bonds. The topological polar surface area (TPSA) is 15.6 Å². The second kappa shape index (κ2) is 6.32. The van der Waals surface area contributed by atoms with E-state index < -0.39 is 0 Å². The van der Waals surface area contributed by atoms with Crippen LogP contribution in [-0.2, 0) is 0 Å². The number of aliphatic imine (C=N–C) groups is 1. The summed E-state index contributed by atoms with van der Waals surface area (Å²) in [5, 5.41) is 0. The van der Waals surface area contributed by atoms with Gasteiger partial charge in [0.2, 0.25) is 0 Å². The molecule has 106 valence electrons. The molecule has 3 atom stereocenters. The van der Waals surface area contributed by atoms with Crippen molar-refractivity contribution < 1.29 is 0 Å². The van der Waals surface area contributed by atoms with Crippen LogP contribution in [0.3, 0.4) is 0 Å². The summed E-state index contributed by atoms with van der Waals surface area (Å²) < 4.78 is 0. The molecule has 1 saturated carbocycles. The molecule has 0 aromatic rings. The number of hydrogen-bond acceptors (Lipinski definition) is 1. The van der Waals surface area contributed by atoms with Crippen LogP contribution in [0.15, 0.2) is 4.99 Å². The molecule has 2 rings (SSSR count). The predicted molar refractivity (Wildman–Crippen MR) is 84.0 cm³/mol. The van der Waals surface area contributed by atoms with Crippen LogP contribution in [0.25, 0.3) is 0 Å². The van der Waals surface area contributed by atoms with Crippen molar-refractivity contribution in [1.29, 1.82) is 0 Å². The number of fused-ring (bicyclic) bond motifs is 1. The zero-order valence-corrected chi connectivity index (χ0v) is 13.1. The highest BCUT2D eigenvalue weighted by Gasteiger charge is 2.36. The van der Waals surface area contributed by atoms with E-state index in [2.05, 4.69) is 32.6 Å². The first-order valence-corrected chi connectivity index (χ1v) is 8.09. The van der Waals surface area contributed by atoms with E-state index in [0.29, 0.717) is 23.8 Å². The summed E-state index contributed by atoms with van der Waals surface area (Å²) in [5.74, 6) is 3.28. The van der Waals surface area contributed by atoms with Gasteiger partial charge in [-0.25, -0.2) is 0 Å². The van der Waals surface area contributed by atoms with Gasteiger partial charge >= 0.3 is 0 Å². The molecule has 1 aliphatic heterocycles. The van der Waals surface area contributed by atoms with E-state index >= 15 is 0 Å². The Morgan fingerprint density at radius 1 is 1.05 bits per heavy atom. The largest absolute Gasteiger partial charge is 0.358 e. The Labute approximate surface area is 120 Å². The number of amidine groups is 1. The first-order valence-electron chi connectivity index (χ1n) is 8.09. The molecule has 2 fully saturated rings. The van der Waals surface area contributed by atoms with Gasteiger partial charge in [-0.1, -0.05) is 25.1 Å². The number of hydrogen-bond donors (Lipinski definition) is 0. The van der Waals surface area contributed by atoms with Gasteiger partial charge in [-0.15, -0.1) is 0 Å². The van der Waals surface area contributed by atoms with Gasteiger partial charge in [-0.2, -0.15) is 0 Å². The summed E-state index contributed by atoms with van der Waals surface area (Å²) in [4.78, 5) is 7.53. The van der Waals surface area contributed by atoms with Gasteiger partial charge < -0.3 is 4.90 Å². The maximum absolute atomic E-state index is 6.18. The van der Waals surface area contributed by atoms with E-state index in [9.17, 15) is 0 Å². The minimum absolute atomic E-state index is 0.395. The van der Waals surface area contributed by atoms with Crippen LogP contribution in [0.5, 0.6) is 0 Å². The smallest absolute Gasteiger partial charge is 0.103 e. The number of rotatable bonds is 2. The second-order valence-electron chi connectivity index (χ2n) is 6.94. The fourth-order valence-corrected chi connectivity index (χ4v) is 3.68. The summed E-state index contributed by atoms with van der Waals surface area (Å²) in [7, 11) is 6.18. The van der Waals surface area contributed by atoms with Gasteiger partial charge in [0.1, 0.15) is 5.84 Å². The summed E-state index contributed by atoms with van der Waals surface area (Å²) in [6, 6.07) is 0.960. The molecule has 1 aliphatic carbocycles. The normalized spacial score (nSPS) is 34.7. The van der Waals surface area contributed by atoms with Gasteiger partial charge in [0.15, 0.2) is 0 Å². The lowest BCUT2D eigenvalue weighted by atomic mass is 9.80. The number of piperidine rings is 1. The number of nitrogens with zero attached hydrogens (tertiary/aromatic N) is 2. The SMILES string of the molecule is [B]C1CCC2CCN(C(C)C)C(=NC(C)C)C2CC1. The van der Waals surface area contributed by atoms with E-state index in [1.807, 2.05) is 0 Å². The van der Waals surface area contributed by atoms with Gasteiger partial charge in [0, 0.05) is 24.5 Å². The van der Waals surface area contributed by atoms with Crippen molar-refractivity contribution in [2.75, 3.05) is 6.54 Å². The van der Waals surface area contributed by atoms with Gasteiger partial charge in [0.25, 0.3) is 0 Å². The molecule has 0 N–H and O–H groups in total. The highest BCUT2D eigenvalue weighted by atomic mass is 15.2. The van der Waals surface area contributed by atoms with E-state index in [0.717, 1.165) is 5.92 Å². The van der Waals surface area contributed by atoms with Crippen molar-refractivity contribution in [3.05, 3.63) is 0 Å². The number of likely N-dealkylation sites (tertiary alicyclic amines) is 1. The van der Waals surface area contributed by atoms with Crippen LogP contribution >= 0.6 is 0 Å². The van der Waals surface area contributed by atoms with Gasteiger partial charge in [-0.3, -0.25) is 4.99 Å². The molecule has 0 aromatic carbocycles. The van der Waals surface area contributed by atoms with E-state index in [-0.39, 0.29) is 0 Å². The van der Waals surface area contributed by atoms with Crippen LogP contribution in [0.2, 0.25) is 5.82 Å². The van der Waals surface area contributed by atoms with Crippen molar-refractivity contribution in [3.63, 3.8) is 0 Å². The predicted octanol–water partition coefficient (Wildman–Crippen LogP) is 3.67. The van der Waals surface area contributed by atoms with Crippen LogP contribution in [0.1, 0.15) is 59.8 Å². The zero-order chi connectivity index (χ0) is 14.0. The molecule has 3 unspecified atom stereocenters. The lowest BCUT2D eigenvalue weighted by Crippen LogP contribution is -2.49. The molecule has 19 heavy (non-hydrogen) atoms. The van der Waals surface area contributed by atoms with E-state index in [1.165, 1.54) is 44.5 Å². The third-order valence-corrected chi connectivity index (χ3v) is 4.71. The summed E-state index contributed by atoms with van der Waals surface area (Å²) in [5.41, 5.74) is 0. The van der Waals surface area contributed by atoms with Crippen molar-refractivity contribution in [3.8, 4) is 0 Å². The van der Waals surface area contributed by atoms with Gasteiger partial charge in [-0.05, 0) is 46.5 Å². The Kier molecular flexibility index (Phi) is 4.97. The van der Waals surface area contributed by atoms with Crippen LogP contribution < -0.4 is 0 Å². The van der Waals surface area contributed by atoms with Crippen LogP contribution in [0.4, 0.5) is 0 Å². The molecule has 1 heterocycles. The van der Waals surface area contributed by atoms with Crippen molar-refractivity contribution in [2.24, 2.45) is 16.8 Å². The zero-order valence-electron chi connectivity index (χ0n) is 13.1. The standard InChI is InChI=1S/C16H29BN2/c1-11(2)18-16-15-8-7-14(17)6-5-13(15)9-10-19(16)12(3)4/h11-15H,5-10H2,1-4H3. The summed E-state index contributed by atoms with van der Waals surface area (Å²) in [6.07, 6.45) is 6.24. The molecular formula is C16H29BN2. The molecule has 2 aliphatic rings. The van der Waals surface area contributed by atoms with Crippen molar-refractivity contribution in [1.82, 2.24) is 4.90 Å². The first-order chi connectivity index (χ1) is 8.99. The Morgan fingerprint density at radius 2 is 1.74 bits per heavy atom. The summed E-state index contributed by atoms with van der Waals surface area (Å²) in [6.45, 7) is 10.1. The molecule has 0 bridgehead atoms. The average molecular weight is 260 g/mol. The molecule has 0 spiro atoms. The highest BCUT2D eigenvalue weighted by molar-refractivity contribution is 6.11. The molecule has 2 radical (unpaired) electrons. The Morgan fingerprint density at radius 3 is 2.37 bits per heavy atom. The monoisotopic (exact) mass is 260 g/mol. The molecule has 1 saturated heterocycles. The lowest BCUT2D eigenvalue weighted by molar-refractivity contribution is 0.216. The Hall–Kier alpha value is -0.465. The maximum atomic E-state index is 6.18. The Balaban J connectivity index is 2.23. The fourth-order valence-electron chi connectivity index (χ4n) is 3.68. The molecule has 0 aromatic heterocycles. The van der Waals surface area contributed by atoms with Crippen LogP contribution in [0, 0.1) is 11.8 Å². The Bertz CT molecular complexity index is 325. The van der Waals surface area contributed by atoms with Gasteiger partial charge in [0.05, 0.1) is 7.85 Å². The summed E-state index contributed by atoms with van der Waals surface area (Å²) >= 11 is 0. The minimum Gasteiger partial charge on any atom is -0.358 e. The fraction of sp³-hybridized carbons (Fsp3) is 0.938. The second-order valence-corrected chi connectivity index (χ2v) is 6.94. The molecule has 3 heteroatoms. The quantitative estimate of drug-likeness (QED) is 0.692. The molecular weight excluding hydrogens is 231 g/mol. The highest BCUT2D eigenvalue weighted by Crippen LogP contribution is 2.39. The third-order valence-electron chi connectivity index (χ3n) is 4.71. The third kappa shape index (κ3) is 3.55. The molecule has 2 nitrogen and oxygen atoms in total. The maximum Gasteiger partial charge on any atom is 0.103 e. The van der Waals surface area contributed by atoms with Crippen molar-refractivity contribution >= 4 is 13.7 Å². The lowest BCUT2D eigenvalue weighted by Gasteiger charge is -2.43. The van der Waals surface area contributed by atoms with E-state index in [1.54, 1.807) is 0 Å². The minimum atomic E-state index is 0.395. The van der Waals surface area contributed by atoms with Crippen molar-refractivity contribution in [2.45, 2.75) is 77.7 Å². The van der Waals surface area contributed by atoms with E-state index in [4.69, 9.17) is 12.8 Å². The first kappa shape index (κ1) is 14.9. The van der Waals surface area contributed by atoms with Crippen LogP contribution in [-0.4, -0.2) is 37.2 Å². The average Bonchev–Trinajstić information content (AvgIpc) is 2.51.